The highest BCUT2D eigenvalue weighted by Gasteiger charge is 2.60. The van der Waals surface area contributed by atoms with Gasteiger partial charge >= 0.3 is 0 Å². The minimum absolute atomic E-state index is 0.0260. The monoisotopic (exact) mass is 428 g/mol. The zero-order valence-electron chi connectivity index (χ0n) is 19.1. The first kappa shape index (κ1) is 22.0. The highest BCUT2D eigenvalue weighted by atomic mass is 16.5. The smallest absolute Gasteiger partial charge is 0.226 e. The molecule has 0 heterocycles. The molecule has 4 bridgehead atoms. The van der Waals surface area contributed by atoms with E-state index in [0.29, 0.717) is 31.6 Å². The Hall–Kier alpha value is -2.24. The molecule has 31 heavy (non-hydrogen) atoms. The number of carbonyl (C=O) groups excluding carboxylic acids is 2. The summed E-state index contributed by atoms with van der Waals surface area (Å²) in [6.45, 7) is 7.30. The van der Waals surface area contributed by atoms with Gasteiger partial charge in [-0.2, -0.15) is 0 Å². The van der Waals surface area contributed by atoms with E-state index in [1.54, 1.807) is 6.92 Å². The van der Waals surface area contributed by atoms with Crippen molar-refractivity contribution in [1.29, 1.82) is 0 Å². The molecule has 0 aromatic heterocycles. The maximum Gasteiger partial charge on any atom is 0.226 e. The molecule has 0 unspecified atom stereocenters. The van der Waals surface area contributed by atoms with Gasteiger partial charge in [-0.05, 0) is 88.3 Å². The first-order chi connectivity index (χ1) is 14.9. The van der Waals surface area contributed by atoms with Crippen LogP contribution in [-0.4, -0.2) is 37.1 Å². The van der Waals surface area contributed by atoms with Crippen molar-refractivity contribution >= 4 is 11.8 Å². The molecule has 170 valence electrons. The van der Waals surface area contributed by atoms with Crippen LogP contribution in [0.1, 0.15) is 64.9 Å². The molecule has 0 spiro atoms. The van der Waals surface area contributed by atoms with E-state index in [0.717, 1.165) is 55.6 Å². The highest BCUT2D eigenvalue weighted by molar-refractivity contribution is 5.84. The SMILES string of the molecule is CCOc1ccc(CCNC(=O)C23C[C@H]4C[C@@H](CC(NC(C)=O)(C4)C2)C3)cc1OCC. The minimum Gasteiger partial charge on any atom is -0.490 e. The fourth-order valence-corrected chi connectivity index (χ4v) is 6.81. The van der Waals surface area contributed by atoms with Gasteiger partial charge in [0.05, 0.1) is 18.6 Å². The summed E-state index contributed by atoms with van der Waals surface area (Å²) < 4.78 is 11.4. The van der Waals surface area contributed by atoms with Crippen molar-refractivity contribution in [3.05, 3.63) is 23.8 Å². The molecular formula is C25H36N2O4. The van der Waals surface area contributed by atoms with Crippen molar-refractivity contribution < 1.29 is 19.1 Å². The molecule has 0 radical (unpaired) electrons. The average Bonchev–Trinajstić information content (AvgIpc) is 2.68. The third kappa shape index (κ3) is 4.53. The lowest BCUT2D eigenvalue weighted by Gasteiger charge is -2.61. The van der Waals surface area contributed by atoms with Gasteiger partial charge in [0.1, 0.15) is 0 Å². The lowest BCUT2D eigenvalue weighted by Crippen LogP contribution is -2.65. The Labute approximate surface area is 185 Å². The summed E-state index contributed by atoms with van der Waals surface area (Å²) in [5.41, 5.74) is 0.629. The maximum atomic E-state index is 13.4. The number of rotatable bonds is 9. The van der Waals surface area contributed by atoms with Crippen LogP contribution in [0.5, 0.6) is 11.5 Å². The van der Waals surface area contributed by atoms with E-state index >= 15 is 0 Å². The van der Waals surface area contributed by atoms with Crippen molar-refractivity contribution in [3.8, 4) is 11.5 Å². The molecule has 6 heteroatoms. The maximum absolute atomic E-state index is 13.4. The molecule has 2 atom stereocenters. The molecule has 4 aliphatic carbocycles. The normalized spacial score (nSPS) is 30.7. The van der Waals surface area contributed by atoms with Crippen molar-refractivity contribution in [2.75, 3.05) is 19.8 Å². The second-order valence-electron chi connectivity index (χ2n) is 9.86. The van der Waals surface area contributed by atoms with Gasteiger partial charge in [0, 0.05) is 19.0 Å². The molecule has 4 saturated carbocycles. The van der Waals surface area contributed by atoms with Crippen LogP contribution in [-0.2, 0) is 16.0 Å². The molecule has 5 rings (SSSR count). The molecule has 1 aromatic rings. The van der Waals surface area contributed by atoms with E-state index in [4.69, 9.17) is 9.47 Å². The Morgan fingerprint density at radius 1 is 1.03 bits per heavy atom. The number of benzene rings is 1. The summed E-state index contributed by atoms with van der Waals surface area (Å²) in [5, 5.41) is 6.46. The standard InChI is InChI=1S/C25H36N2O4/c1-4-30-21-7-6-18(11-22(21)31-5-2)8-9-26-23(29)24-12-19-10-20(13-24)15-25(14-19,16-24)27-17(3)28/h6-7,11,19-20H,4-5,8-10,12-16H2,1-3H3,(H,26,29)(H,27,28)/t19-,20-,24?,25?/m1/s1. The van der Waals surface area contributed by atoms with Crippen LogP contribution in [0.4, 0.5) is 0 Å². The van der Waals surface area contributed by atoms with Crippen LogP contribution < -0.4 is 20.1 Å². The molecule has 1 aromatic carbocycles. The van der Waals surface area contributed by atoms with Crippen LogP contribution in [0, 0.1) is 17.3 Å². The number of nitrogens with one attached hydrogen (secondary N) is 2. The molecule has 2 N–H and O–H groups in total. The fourth-order valence-electron chi connectivity index (χ4n) is 6.81. The average molecular weight is 429 g/mol. The zero-order valence-corrected chi connectivity index (χ0v) is 19.1. The number of amides is 2. The Bertz CT molecular complexity index is 823. The third-order valence-corrected chi connectivity index (χ3v) is 7.29. The Morgan fingerprint density at radius 2 is 1.71 bits per heavy atom. The summed E-state index contributed by atoms with van der Waals surface area (Å²) in [7, 11) is 0. The number of hydrogen-bond acceptors (Lipinski definition) is 4. The van der Waals surface area contributed by atoms with Crippen molar-refractivity contribution in [2.45, 2.75) is 71.3 Å². The van der Waals surface area contributed by atoms with E-state index in [2.05, 4.69) is 10.6 Å². The highest BCUT2D eigenvalue weighted by Crippen LogP contribution is 2.61. The van der Waals surface area contributed by atoms with E-state index in [1.165, 1.54) is 6.42 Å². The Kier molecular flexibility index (Phi) is 6.18. The molecule has 4 aliphatic rings. The van der Waals surface area contributed by atoms with Gasteiger partial charge in [0.2, 0.25) is 11.8 Å². The topological polar surface area (TPSA) is 76.7 Å². The van der Waals surface area contributed by atoms with E-state index < -0.39 is 0 Å². The number of hydrogen-bond donors (Lipinski definition) is 2. The van der Waals surface area contributed by atoms with Gasteiger partial charge in [0.25, 0.3) is 0 Å². The first-order valence-electron chi connectivity index (χ1n) is 11.8. The second-order valence-corrected chi connectivity index (χ2v) is 9.86. The summed E-state index contributed by atoms with van der Waals surface area (Å²) >= 11 is 0. The summed E-state index contributed by atoms with van der Waals surface area (Å²) in [5.74, 6) is 2.82. The summed E-state index contributed by atoms with van der Waals surface area (Å²) in [4.78, 5) is 25.2. The number of carbonyl (C=O) groups is 2. The number of ether oxygens (including phenoxy) is 2. The fraction of sp³-hybridized carbons (Fsp3) is 0.680. The van der Waals surface area contributed by atoms with Gasteiger partial charge in [-0.25, -0.2) is 0 Å². The van der Waals surface area contributed by atoms with Crippen LogP contribution in [0.2, 0.25) is 0 Å². The molecule has 4 fully saturated rings. The van der Waals surface area contributed by atoms with E-state index in [1.807, 2.05) is 32.0 Å². The van der Waals surface area contributed by atoms with Crippen LogP contribution in [0.25, 0.3) is 0 Å². The molecule has 6 nitrogen and oxygen atoms in total. The Balaban J connectivity index is 1.39. The molecule has 0 saturated heterocycles. The van der Waals surface area contributed by atoms with Crippen LogP contribution >= 0.6 is 0 Å². The van der Waals surface area contributed by atoms with E-state index in [-0.39, 0.29) is 22.8 Å². The van der Waals surface area contributed by atoms with Crippen LogP contribution in [0.15, 0.2) is 18.2 Å². The summed E-state index contributed by atoms with van der Waals surface area (Å²) in [6, 6.07) is 6.00. The zero-order chi connectivity index (χ0) is 22.1. The predicted octanol–water partition coefficient (Wildman–Crippen LogP) is 3.62. The first-order valence-corrected chi connectivity index (χ1v) is 11.8. The molecule has 0 aliphatic heterocycles. The van der Waals surface area contributed by atoms with Crippen LogP contribution in [0.3, 0.4) is 0 Å². The molecular weight excluding hydrogens is 392 g/mol. The lowest BCUT2D eigenvalue weighted by molar-refractivity contribution is -0.153. The Morgan fingerprint density at radius 3 is 2.35 bits per heavy atom. The second kappa shape index (κ2) is 8.71. The third-order valence-electron chi connectivity index (χ3n) is 7.29. The quantitative estimate of drug-likeness (QED) is 0.630. The van der Waals surface area contributed by atoms with Crippen molar-refractivity contribution in [1.82, 2.24) is 10.6 Å². The van der Waals surface area contributed by atoms with Gasteiger partial charge in [0.15, 0.2) is 11.5 Å². The van der Waals surface area contributed by atoms with Gasteiger partial charge in [-0.15, -0.1) is 0 Å². The summed E-state index contributed by atoms with van der Waals surface area (Å²) in [6.07, 6.45) is 6.74. The molecule has 2 amide bonds. The van der Waals surface area contributed by atoms with Gasteiger partial charge < -0.3 is 20.1 Å². The van der Waals surface area contributed by atoms with Crippen molar-refractivity contribution in [2.24, 2.45) is 17.3 Å². The van der Waals surface area contributed by atoms with E-state index in [9.17, 15) is 9.59 Å². The largest absolute Gasteiger partial charge is 0.490 e. The van der Waals surface area contributed by atoms with Gasteiger partial charge in [-0.3, -0.25) is 9.59 Å². The lowest BCUT2D eigenvalue weighted by atomic mass is 9.46. The van der Waals surface area contributed by atoms with Gasteiger partial charge in [-0.1, -0.05) is 6.07 Å². The predicted molar refractivity (Wildman–Crippen MR) is 119 cm³/mol. The minimum atomic E-state index is -0.318. The van der Waals surface area contributed by atoms with Crippen molar-refractivity contribution in [3.63, 3.8) is 0 Å².